The molecule has 0 bridgehead atoms. The van der Waals surface area contributed by atoms with Crippen LogP contribution in [0.25, 0.3) is 11.0 Å². The number of piperidine rings is 1. The largest absolute Gasteiger partial charge is 0.391 e. The minimum absolute atomic E-state index is 0.0797. The highest BCUT2D eigenvalue weighted by Crippen LogP contribution is 2.18. The van der Waals surface area contributed by atoms with E-state index in [1.807, 2.05) is 41.1 Å². The molecule has 6 heteroatoms. The number of benzene rings is 1. The van der Waals surface area contributed by atoms with E-state index < -0.39 is 6.10 Å². The van der Waals surface area contributed by atoms with Crippen molar-refractivity contribution in [3.8, 4) is 0 Å². The van der Waals surface area contributed by atoms with Crippen LogP contribution in [0.2, 0.25) is 0 Å². The molecule has 128 valence electrons. The summed E-state index contributed by atoms with van der Waals surface area (Å²) in [5, 5.41) is 15.0. The number of hydrogen-bond donors (Lipinski definition) is 1. The second kappa shape index (κ2) is 6.64. The van der Waals surface area contributed by atoms with E-state index >= 15 is 0 Å². The third kappa shape index (κ3) is 3.25. The molecule has 1 fully saturated rings. The lowest BCUT2D eigenvalue weighted by Gasteiger charge is -2.30. The number of aliphatic hydroxyl groups is 1. The fourth-order valence-corrected chi connectivity index (χ4v) is 3.28. The molecule has 1 saturated heterocycles. The van der Waals surface area contributed by atoms with Gasteiger partial charge in [0.15, 0.2) is 5.65 Å². The monoisotopic (exact) mass is 336 g/mol. The van der Waals surface area contributed by atoms with Gasteiger partial charge in [-0.2, -0.15) is 5.10 Å². The number of aliphatic hydroxyl groups excluding tert-OH is 1. The number of rotatable bonds is 3. The van der Waals surface area contributed by atoms with Crippen molar-refractivity contribution in [1.29, 1.82) is 0 Å². The molecule has 4 rings (SSSR count). The molecule has 2 aromatic heterocycles. The first kappa shape index (κ1) is 15.8. The number of pyridine rings is 1. The average Bonchev–Trinajstić information content (AvgIpc) is 3.04. The van der Waals surface area contributed by atoms with Crippen molar-refractivity contribution < 1.29 is 9.90 Å². The summed E-state index contributed by atoms with van der Waals surface area (Å²) in [4.78, 5) is 18.8. The van der Waals surface area contributed by atoms with Crippen LogP contribution in [0.4, 0.5) is 0 Å². The van der Waals surface area contributed by atoms with Crippen LogP contribution < -0.4 is 0 Å². The van der Waals surface area contributed by atoms with Crippen LogP contribution in [0.1, 0.15) is 28.8 Å². The summed E-state index contributed by atoms with van der Waals surface area (Å²) in [6.45, 7) is 1.72. The molecule has 3 aromatic rings. The summed E-state index contributed by atoms with van der Waals surface area (Å²) in [6.07, 6.45) is 4.51. The van der Waals surface area contributed by atoms with Crippen molar-refractivity contribution in [2.75, 3.05) is 13.1 Å². The summed E-state index contributed by atoms with van der Waals surface area (Å²) in [5.74, 6) is -0.0797. The van der Waals surface area contributed by atoms with Crippen molar-refractivity contribution in [3.05, 3.63) is 59.9 Å². The van der Waals surface area contributed by atoms with Crippen LogP contribution in [0, 0.1) is 0 Å². The van der Waals surface area contributed by atoms with Crippen LogP contribution in [0.3, 0.4) is 0 Å². The molecule has 6 nitrogen and oxygen atoms in total. The molecule has 1 aliphatic rings. The molecule has 0 radical (unpaired) electrons. The van der Waals surface area contributed by atoms with Crippen molar-refractivity contribution in [2.24, 2.45) is 0 Å². The van der Waals surface area contributed by atoms with Gasteiger partial charge in [0.1, 0.15) is 0 Å². The van der Waals surface area contributed by atoms with E-state index in [0.717, 1.165) is 29.4 Å². The Morgan fingerprint density at radius 2 is 2.08 bits per heavy atom. The molecule has 0 saturated carbocycles. The van der Waals surface area contributed by atoms with Gasteiger partial charge in [0.25, 0.3) is 5.91 Å². The van der Waals surface area contributed by atoms with Crippen molar-refractivity contribution in [2.45, 2.75) is 25.5 Å². The first-order chi connectivity index (χ1) is 12.2. The number of carbonyl (C=O) groups is 1. The van der Waals surface area contributed by atoms with Gasteiger partial charge in [-0.3, -0.25) is 4.79 Å². The zero-order valence-electron chi connectivity index (χ0n) is 13.9. The molecule has 0 unspecified atom stereocenters. The summed E-state index contributed by atoms with van der Waals surface area (Å²) in [6, 6.07) is 11.9. The molecule has 1 aliphatic heterocycles. The molecule has 25 heavy (non-hydrogen) atoms. The number of likely N-dealkylation sites (tertiary alicyclic amines) is 1. The second-order valence-electron chi connectivity index (χ2n) is 6.47. The van der Waals surface area contributed by atoms with Crippen molar-refractivity contribution in [1.82, 2.24) is 19.7 Å². The maximum absolute atomic E-state index is 12.6. The van der Waals surface area contributed by atoms with Crippen LogP contribution in [-0.2, 0) is 6.54 Å². The lowest BCUT2D eigenvalue weighted by atomic mass is 10.1. The Balaban J connectivity index is 1.58. The topological polar surface area (TPSA) is 71.2 Å². The highest BCUT2D eigenvalue weighted by atomic mass is 16.3. The Bertz CT molecular complexity index is 891. The smallest absolute Gasteiger partial charge is 0.255 e. The predicted molar refractivity (Wildman–Crippen MR) is 94.2 cm³/mol. The van der Waals surface area contributed by atoms with Gasteiger partial charge in [-0.15, -0.1) is 0 Å². The van der Waals surface area contributed by atoms with E-state index in [-0.39, 0.29) is 5.91 Å². The van der Waals surface area contributed by atoms with Gasteiger partial charge in [0.05, 0.1) is 24.4 Å². The highest BCUT2D eigenvalue weighted by molar-refractivity contribution is 5.96. The van der Waals surface area contributed by atoms with Crippen molar-refractivity contribution >= 4 is 16.9 Å². The number of β-amino-alcohol motifs (C(OH)–C–C–N with tert-alkyl or cyclic N) is 1. The molecule has 0 spiro atoms. The van der Waals surface area contributed by atoms with E-state index in [1.165, 1.54) is 0 Å². The summed E-state index contributed by atoms with van der Waals surface area (Å²) >= 11 is 0. The third-order valence-corrected chi connectivity index (χ3v) is 4.58. The Morgan fingerprint density at radius 1 is 1.24 bits per heavy atom. The lowest BCUT2D eigenvalue weighted by molar-refractivity contribution is 0.0473. The zero-order valence-corrected chi connectivity index (χ0v) is 13.9. The average molecular weight is 336 g/mol. The van der Waals surface area contributed by atoms with Gasteiger partial charge in [0.2, 0.25) is 0 Å². The number of amides is 1. The summed E-state index contributed by atoms with van der Waals surface area (Å²) in [7, 11) is 0. The van der Waals surface area contributed by atoms with Gasteiger partial charge in [-0.1, -0.05) is 30.3 Å². The molecule has 1 N–H and O–H groups in total. The maximum Gasteiger partial charge on any atom is 0.255 e. The van der Waals surface area contributed by atoms with E-state index in [4.69, 9.17) is 0 Å². The first-order valence-corrected chi connectivity index (χ1v) is 8.53. The standard InChI is InChI=1S/C19H20N4O2/c24-17-7-4-8-22(13-17)19(25)16-9-15-11-21-23(18(15)20-10-16)12-14-5-2-1-3-6-14/h1-3,5-6,9-11,17,24H,4,7-8,12-13H2/t17-/m0/s1. The van der Waals surface area contributed by atoms with Crippen molar-refractivity contribution in [3.63, 3.8) is 0 Å². The quantitative estimate of drug-likeness (QED) is 0.795. The Morgan fingerprint density at radius 3 is 2.88 bits per heavy atom. The summed E-state index contributed by atoms with van der Waals surface area (Å²) < 4.78 is 1.84. The molecule has 1 atom stereocenters. The molecular formula is C19H20N4O2. The Kier molecular flexibility index (Phi) is 4.19. The molecular weight excluding hydrogens is 316 g/mol. The number of nitrogens with zero attached hydrogens (tertiary/aromatic N) is 4. The molecule has 1 amide bonds. The van der Waals surface area contributed by atoms with E-state index in [9.17, 15) is 9.90 Å². The highest BCUT2D eigenvalue weighted by Gasteiger charge is 2.23. The predicted octanol–water partition coefficient (Wildman–Crippen LogP) is 2.08. The first-order valence-electron chi connectivity index (χ1n) is 8.53. The van der Waals surface area contributed by atoms with Gasteiger partial charge in [-0.05, 0) is 24.5 Å². The van der Waals surface area contributed by atoms with Crippen LogP contribution in [-0.4, -0.2) is 49.9 Å². The normalized spacial score (nSPS) is 17.8. The summed E-state index contributed by atoms with van der Waals surface area (Å²) in [5.41, 5.74) is 2.46. The van der Waals surface area contributed by atoms with E-state index in [1.54, 1.807) is 17.3 Å². The Hall–Kier alpha value is -2.73. The fourth-order valence-electron chi connectivity index (χ4n) is 3.28. The maximum atomic E-state index is 12.6. The Labute approximate surface area is 145 Å². The fraction of sp³-hybridized carbons (Fsp3) is 0.316. The molecule has 1 aromatic carbocycles. The molecule has 0 aliphatic carbocycles. The van der Waals surface area contributed by atoms with Crippen LogP contribution in [0.5, 0.6) is 0 Å². The van der Waals surface area contributed by atoms with Gasteiger partial charge in [-0.25, -0.2) is 9.67 Å². The minimum Gasteiger partial charge on any atom is -0.391 e. The number of carbonyl (C=O) groups excluding carboxylic acids is 1. The van der Waals surface area contributed by atoms with Gasteiger partial charge < -0.3 is 10.0 Å². The number of hydrogen-bond acceptors (Lipinski definition) is 4. The van der Waals surface area contributed by atoms with E-state index in [0.29, 0.717) is 25.2 Å². The van der Waals surface area contributed by atoms with Crippen LogP contribution >= 0.6 is 0 Å². The third-order valence-electron chi connectivity index (χ3n) is 4.58. The van der Waals surface area contributed by atoms with Gasteiger partial charge >= 0.3 is 0 Å². The number of fused-ring (bicyclic) bond motifs is 1. The molecule has 3 heterocycles. The second-order valence-corrected chi connectivity index (χ2v) is 6.47. The van der Waals surface area contributed by atoms with Gasteiger partial charge in [0, 0.05) is 24.7 Å². The lowest BCUT2D eigenvalue weighted by Crippen LogP contribution is -2.42. The number of aromatic nitrogens is 3. The van der Waals surface area contributed by atoms with E-state index in [2.05, 4.69) is 10.1 Å². The van der Waals surface area contributed by atoms with Crippen LogP contribution in [0.15, 0.2) is 48.8 Å². The zero-order chi connectivity index (χ0) is 17.2. The minimum atomic E-state index is -0.428. The SMILES string of the molecule is O=C(c1cnc2c(cnn2Cc2ccccc2)c1)N1CCC[C@H](O)C1.